The molecule has 0 spiro atoms. The SMILES string of the molecule is [C-]#[N+]c1ccc2ncc([N+](=O)[O-])c(N[C@@H]3CCN(C)C3)c2c1. The van der Waals surface area contributed by atoms with E-state index in [0.717, 1.165) is 19.5 Å². The molecule has 1 aliphatic rings. The topological polar surface area (TPSA) is 75.7 Å². The summed E-state index contributed by atoms with van der Waals surface area (Å²) in [5.41, 5.74) is 1.50. The maximum Gasteiger partial charge on any atom is 0.311 e. The standard InChI is InChI=1S/C15H15N5O2/c1-16-10-3-4-13-12(7-10)15(14(8-17-13)20(21)22)18-11-5-6-19(2)9-11/h3-4,7-8,11H,5-6,9H2,2H3,(H,17,18)/t11-/m1/s1. The fourth-order valence-corrected chi connectivity index (χ4v) is 2.79. The first kappa shape index (κ1) is 14.2. The van der Waals surface area contributed by atoms with Crippen molar-refractivity contribution in [3.8, 4) is 0 Å². The van der Waals surface area contributed by atoms with Gasteiger partial charge in [0.15, 0.2) is 5.69 Å². The average Bonchev–Trinajstić information content (AvgIpc) is 2.92. The van der Waals surface area contributed by atoms with E-state index in [1.165, 1.54) is 6.20 Å². The van der Waals surface area contributed by atoms with Gasteiger partial charge < -0.3 is 10.2 Å². The van der Waals surface area contributed by atoms with Crippen LogP contribution in [0.3, 0.4) is 0 Å². The maximum absolute atomic E-state index is 11.3. The van der Waals surface area contributed by atoms with Crippen LogP contribution in [0.4, 0.5) is 17.1 Å². The van der Waals surface area contributed by atoms with Gasteiger partial charge in [-0.15, -0.1) is 0 Å². The van der Waals surface area contributed by atoms with Crippen LogP contribution in [0.1, 0.15) is 6.42 Å². The zero-order valence-electron chi connectivity index (χ0n) is 12.1. The van der Waals surface area contributed by atoms with E-state index in [1.54, 1.807) is 18.2 Å². The molecule has 2 aromatic rings. The Kier molecular flexibility index (Phi) is 3.61. The molecule has 0 radical (unpaired) electrons. The largest absolute Gasteiger partial charge is 0.375 e. The minimum absolute atomic E-state index is 0.0517. The Morgan fingerprint density at radius 2 is 2.36 bits per heavy atom. The van der Waals surface area contributed by atoms with E-state index in [2.05, 4.69) is 20.0 Å². The van der Waals surface area contributed by atoms with E-state index >= 15 is 0 Å². The van der Waals surface area contributed by atoms with Gasteiger partial charge in [-0.25, -0.2) is 9.83 Å². The number of anilines is 1. The minimum Gasteiger partial charge on any atom is -0.375 e. The van der Waals surface area contributed by atoms with E-state index < -0.39 is 4.92 Å². The van der Waals surface area contributed by atoms with E-state index in [4.69, 9.17) is 6.57 Å². The van der Waals surface area contributed by atoms with Crippen LogP contribution in [0.25, 0.3) is 15.7 Å². The number of likely N-dealkylation sites (tertiary alicyclic amines) is 1. The first-order valence-corrected chi connectivity index (χ1v) is 6.98. The summed E-state index contributed by atoms with van der Waals surface area (Å²) in [5.74, 6) is 0. The number of nitrogens with zero attached hydrogens (tertiary/aromatic N) is 4. The second-order valence-electron chi connectivity index (χ2n) is 5.48. The minimum atomic E-state index is -0.433. The Labute approximate surface area is 127 Å². The lowest BCUT2D eigenvalue weighted by atomic mass is 10.1. The van der Waals surface area contributed by atoms with Gasteiger partial charge in [-0.3, -0.25) is 10.1 Å². The second-order valence-corrected chi connectivity index (χ2v) is 5.48. The summed E-state index contributed by atoms with van der Waals surface area (Å²) in [6.45, 7) is 8.92. The highest BCUT2D eigenvalue weighted by atomic mass is 16.6. The van der Waals surface area contributed by atoms with Crippen LogP contribution >= 0.6 is 0 Å². The number of nitro groups is 1. The first-order chi connectivity index (χ1) is 10.6. The Balaban J connectivity index is 2.12. The molecule has 2 heterocycles. The summed E-state index contributed by atoms with van der Waals surface area (Å²) in [7, 11) is 2.03. The molecule has 112 valence electrons. The fraction of sp³-hybridized carbons (Fsp3) is 0.333. The molecule has 1 aliphatic heterocycles. The average molecular weight is 297 g/mol. The number of fused-ring (bicyclic) bond motifs is 1. The third-order valence-corrected chi connectivity index (χ3v) is 3.90. The van der Waals surface area contributed by atoms with E-state index in [1.807, 2.05) is 7.05 Å². The molecular weight excluding hydrogens is 282 g/mol. The lowest BCUT2D eigenvalue weighted by Crippen LogP contribution is -2.24. The summed E-state index contributed by atoms with van der Waals surface area (Å²) >= 11 is 0. The van der Waals surface area contributed by atoms with Crippen LogP contribution in [0.2, 0.25) is 0 Å². The molecule has 7 heteroatoms. The Morgan fingerprint density at radius 1 is 1.55 bits per heavy atom. The molecule has 0 saturated carbocycles. The van der Waals surface area contributed by atoms with Gasteiger partial charge in [0.2, 0.25) is 0 Å². The maximum atomic E-state index is 11.3. The summed E-state index contributed by atoms with van der Waals surface area (Å²) in [4.78, 5) is 20.6. The number of benzene rings is 1. The van der Waals surface area contributed by atoms with Crippen LogP contribution in [-0.2, 0) is 0 Å². The number of hydrogen-bond donors (Lipinski definition) is 1. The van der Waals surface area contributed by atoms with Gasteiger partial charge in [0.05, 0.1) is 17.0 Å². The van der Waals surface area contributed by atoms with Crippen molar-refractivity contribution >= 4 is 28.0 Å². The van der Waals surface area contributed by atoms with Crippen LogP contribution in [0.15, 0.2) is 24.4 Å². The summed E-state index contributed by atoms with van der Waals surface area (Å²) in [6.07, 6.45) is 2.21. The number of aromatic nitrogens is 1. The zero-order chi connectivity index (χ0) is 15.7. The molecule has 1 aromatic heterocycles. The highest BCUT2D eigenvalue weighted by Gasteiger charge is 2.24. The molecule has 1 fully saturated rings. The van der Waals surface area contributed by atoms with Gasteiger partial charge in [-0.1, -0.05) is 6.07 Å². The Bertz CT molecular complexity index is 783. The molecule has 7 nitrogen and oxygen atoms in total. The fourth-order valence-electron chi connectivity index (χ4n) is 2.79. The molecule has 1 N–H and O–H groups in total. The first-order valence-electron chi connectivity index (χ1n) is 6.98. The number of likely N-dealkylation sites (N-methyl/N-ethyl adjacent to an activating group) is 1. The van der Waals surface area contributed by atoms with Gasteiger partial charge in [-0.2, -0.15) is 0 Å². The lowest BCUT2D eigenvalue weighted by molar-refractivity contribution is -0.384. The normalized spacial score (nSPS) is 18.3. The third kappa shape index (κ3) is 2.56. The van der Waals surface area contributed by atoms with Gasteiger partial charge in [0.1, 0.15) is 11.9 Å². The van der Waals surface area contributed by atoms with Crippen molar-refractivity contribution in [2.45, 2.75) is 12.5 Å². The van der Waals surface area contributed by atoms with E-state index in [-0.39, 0.29) is 11.7 Å². The molecular formula is C15H15N5O2. The van der Waals surface area contributed by atoms with Crippen molar-refractivity contribution in [1.82, 2.24) is 9.88 Å². The quantitative estimate of drug-likeness (QED) is 0.535. The van der Waals surface area contributed by atoms with Gasteiger partial charge in [-0.05, 0) is 32.1 Å². The van der Waals surface area contributed by atoms with E-state index in [0.29, 0.717) is 22.3 Å². The lowest BCUT2D eigenvalue weighted by Gasteiger charge is -2.16. The van der Waals surface area contributed by atoms with Gasteiger partial charge in [0.25, 0.3) is 0 Å². The Morgan fingerprint density at radius 3 is 3.00 bits per heavy atom. The van der Waals surface area contributed by atoms with Gasteiger partial charge in [0, 0.05) is 18.0 Å². The predicted octanol–water partition coefficient (Wildman–Crippen LogP) is 2.81. The molecule has 1 saturated heterocycles. The highest BCUT2D eigenvalue weighted by Crippen LogP contribution is 2.34. The van der Waals surface area contributed by atoms with Crippen molar-refractivity contribution in [2.75, 3.05) is 25.5 Å². The van der Waals surface area contributed by atoms with Crippen LogP contribution in [0, 0.1) is 16.7 Å². The number of pyridine rings is 1. The molecule has 22 heavy (non-hydrogen) atoms. The second kappa shape index (κ2) is 5.58. The monoisotopic (exact) mass is 297 g/mol. The van der Waals surface area contributed by atoms with Crippen LogP contribution < -0.4 is 5.32 Å². The van der Waals surface area contributed by atoms with Crippen molar-refractivity contribution in [3.05, 3.63) is 45.9 Å². The van der Waals surface area contributed by atoms with Crippen LogP contribution in [0.5, 0.6) is 0 Å². The predicted molar refractivity (Wildman–Crippen MR) is 84.2 cm³/mol. The molecule has 3 rings (SSSR count). The molecule has 1 atom stereocenters. The van der Waals surface area contributed by atoms with E-state index in [9.17, 15) is 10.1 Å². The van der Waals surface area contributed by atoms with Crippen molar-refractivity contribution in [3.63, 3.8) is 0 Å². The van der Waals surface area contributed by atoms with Crippen molar-refractivity contribution in [1.29, 1.82) is 0 Å². The van der Waals surface area contributed by atoms with Crippen molar-refractivity contribution < 1.29 is 4.92 Å². The third-order valence-electron chi connectivity index (χ3n) is 3.90. The highest BCUT2D eigenvalue weighted by molar-refractivity contribution is 5.97. The molecule has 0 aliphatic carbocycles. The smallest absolute Gasteiger partial charge is 0.311 e. The van der Waals surface area contributed by atoms with Gasteiger partial charge >= 0.3 is 5.69 Å². The Hall–Kier alpha value is -2.72. The van der Waals surface area contributed by atoms with Crippen LogP contribution in [-0.4, -0.2) is 41.0 Å². The molecule has 0 unspecified atom stereocenters. The molecule has 0 amide bonds. The summed E-state index contributed by atoms with van der Waals surface area (Å²) in [5, 5.41) is 15.2. The number of hydrogen-bond acceptors (Lipinski definition) is 5. The summed E-state index contributed by atoms with van der Waals surface area (Å²) < 4.78 is 0. The molecule has 0 bridgehead atoms. The number of nitrogens with one attached hydrogen (secondary N) is 1. The summed E-state index contributed by atoms with van der Waals surface area (Å²) in [6, 6.07) is 5.20. The van der Waals surface area contributed by atoms with Crippen molar-refractivity contribution in [2.24, 2.45) is 0 Å². The zero-order valence-corrected chi connectivity index (χ0v) is 12.1. The number of rotatable bonds is 3. The molecule has 1 aromatic carbocycles.